The van der Waals surface area contributed by atoms with Crippen LogP contribution in [0.15, 0.2) is 109 Å². The van der Waals surface area contributed by atoms with Crippen molar-refractivity contribution in [3.63, 3.8) is 0 Å². The molecule has 0 aliphatic carbocycles. The van der Waals surface area contributed by atoms with Gasteiger partial charge in [0, 0.05) is 51.4 Å². The number of carbonyl (C=O) groups is 2. The summed E-state index contributed by atoms with van der Waals surface area (Å²) in [6, 6.07) is 29.3. The molecule has 5 rings (SSSR count). The maximum atomic E-state index is 13.4. The second kappa shape index (κ2) is 15.6. The smallest absolute Gasteiger partial charge is 0.340 e. The fraction of sp³-hybridized carbons (Fsp3) is 0.297. The Bertz CT molecular complexity index is 1600. The van der Waals surface area contributed by atoms with E-state index < -0.39 is 35.2 Å². The van der Waals surface area contributed by atoms with Crippen LogP contribution in [-0.2, 0) is 23.6 Å². The Morgan fingerprint density at radius 1 is 0.673 bits per heavy atom. The Labute approximate surface area is 280 Å². The summed E-state index contributed by atoms with van der Waals surface area (Å²) in [5.74, 6) is -0.202. The van der Waals surface area contributed by atoms with Gasteiger partial charge in [-0.2, -0.15) is 26.3 Å². The zero-order chi connectivity index (χ0) is 35.0. The zero-order valence-electron chi connectivity index (χ0n) is 26.6. The van der Waals surface area contributed by atoms with Gasteiger partial charge >= 0.3 is 18.4 Å². The van der Waals surface area contributed by atoms with Crippen molar-refractivity contribution >= 4 is 17.6 Å². The van der Waals surface area contributed by atoms with Crippen LogP contribution in [0, 0.1) is 0 Å². The van der Waals surface area contributed by atoms with Crippen molar-refractivity contribution in [2.45, 2.75) is 31.2 Å². The average molecular weight is 683 g/mol. The first-order valence-corrected chi connectivity index (χ1v) is 15.9. The van der Waals surface area contributed by atoms with E-state index in [4.69, 9.17) is 0 Å². The fourth-order valence-corrected chi connectivity index (χ4v) is 5.96. The van der Waals surface area contributed by atoms with Gasteiger partial charge in [0.1, 0.15) is 0 Å². The highest BCUT2D eigenvalue weighted by molar-refractivity contribution is 5.90. The highest BCUT2D eigenvalue weighted by Crippen LogP contribution is 2.37. The van der Waals surface area contributed by atoms with Gasteiger partial charge in [0.15, 0.2) is 0 Å². The minimum Gasteiger partial charge on any atom is -0.340 e. The lowest BCUT2D eigenvalue weighted by Gasteiger charge is -2.40. The standard InChI is InChI=1S/C37H36F6N4O2/c38-36(39,40)30-24-31(37(41,42)43)26-32(25-30)44-35(49)47(18-16-27-10-4-1-5-11-27)19-17-33(48)45-20-22-46(23-21-45)34(28-12-6-2-7-13-28)29-14-8-3-9-15-29/h1-15,24-26,34H,16-23H2,(H,44,49). The highest BCUT2D eigenvalue weighted by Gasteiger charge is 2.37. The van der Waals surface area contributed by atoms with Crippen LogP contribution in [0.4, 0.5) is 36.8 Å². The van der Waals surface area contributed by atoms with Gasteiger partial charge < -0.3 is 15.1 Å². The van der Waals surface area contributed by atoms with E-state index in [0.29, 0.717) is 44.7 Å². The number of carbonyl (C=O) groups excluding carboxylic acids is 2. The number of alkyl halides is 6. The second-order valence-electron chi connectivity index (χ2n) is 11.8. The first-order valence-electron chi connectivity index (χ1n) is 15.9. The van der Waals surface area contributed by atoms with E-state index in [-0.39, 0.29) is 37.5 Å². The van der Waals surface area contributed by atoms with Crippen molar-refractivity contribution in [1.82, 2.24) is 14.7 Å². The van der Waals surface area contributed by atoms with Crippen LogP contribution < -0.4 is 5.32 Å². The summed E-state index contributed by atoms with van der Waals surface area (Å²) in [5.41, 5.74) is -0.583. The zero-order valence-corrected chi connectivity index (χ0v) is 26.6. The van der Waals surface area contributed by atoms with Gasteiger partial charge in [-0.15, -0.1) is 0 Å². The van der Waals surface area contributed by atoms with E-state index in [1.165, 1.54) is 4.90 Å². The van der Waals surface area contributed by atoms with Crippen molar-refractivity contribution in [3.05, 3.63) is 137 Å². The highest BCUT2D eigenvalue weighted by atomic mass is 19.4. The SMILES string of the molecule is O=C(CCN(CCc1ccccc1)C(=O)Nc1cc(C(F)(F)F)cc(C(F)(F)F)c1)N1CCN(C(c2ccccc2)c2ccccc2)CC1. The molecule has 0 aromatic heterocycles. The van der Waals surface area contributed by atoms with Crippen LogP contribution in [0.2, 0.25) is 0 Å². The van der Waals surface area contributed by atoms with Crippen molar-refractivity contribution in [1.29, 1.82) is 0 Å². The third-order valence-electron chi connectivity index (χ3n) is 8.50. The van der Waals surface area contributed by atoms with Gasteiger partial charge in [-0.3, -0.25) is 9.69 Å². The third kappa shape index (κ3) is 9.62. The lowest BCUT2D eigenvalue weighted by Crippen LogP contribution is -2.50. The van der Waals surface area contributed by atoms with Crippen molar-refractivity contribution in [3.8, 4) is 0 Å². The molecule has 258 valence electrons. The van der Waals surface area contributed by atoms with E-state index >= 15 is 0 Å². The molecule has 0 unspecified atom stereocenters. The molecule has 1 saturated heterocycles. The number of hydrogen-bond acceptors (Lipinski definition) is 3. The molecule has 0 spiro atoms. The fourth-order valence-electron chi connectivity index (χ4n) is 5.96. The molecule has 0 radical (unpaired) electrons. The summed E-state index contributed by atoms with van der Waals surface area (Å²) in [5, 5.41) is 2.21. The summed E-state index contributed by atoms with van der Waals surface area (Å²) in [4.78, 5) is 32.0. The summed E-state index contributed by atoms with van der Waals surface area (Å²) in [6.45, 7) is 2.12. The van der Waals surface area contributed by atoms with Gasteiger partial charge in [0.25, 0.3) is 0 Å². The number of nitrogens with zero attached hydrogens (tertiary/aromatic N) is 3. The van der Waals surface area contributed by atoms with Crippen molar-refractivity contribution in [2.75, 3.05) is 44.6 Å². The van der Waals surface area contributed by atoms with E-state index in [0.717, 1.165) is 16.7 Å². The molecule has 0 bridgehead atoms. The van der Waals surface area contributed by atoms with Gasteiger partial charge in [-0.1, -0.05) is 91.0 Å². The molecule has 1 N–H and O–H groups in total. The molecular weight excluding hydrogens is 646 g/mol. The summed E-state index contributed by atoms with van der Waals surface area (Å²) in [7, 11) is 0. The Morgan fingerprint density at radius 2 is 1.16 bits per heavy atom. The van der Waals surface area contributed by atoms with Crippen LogP contribution in [0.3, 0.4) is 0 Å². The monoisotopic (exact) mass is 682 g/mol. The summed E-state index contributed by atoms with van der Waals surface area (Å²) in [6.07, 6.45) is -9.84. The van der Waals surface area contributed by atoms with Gasteiger partial charge in [-0.25, -0.2) is 4.79 Å². The van der Waals surface area contributed by atoms with Gasteiger partial charge in [0.2, 0.25) is 5.91 Å². The largest absolute Gasteiger partial charge is 0.416 e. The van der Waals surface area contributed by atoms with E-state index in [1.54, 1.807) is 4.90 Å². The molecule has 1 fully saturated rings. The minimum atomic E-state index is -5.06. The molecule has 0 saturated carbocycles. The normalized spacial score (nSPS) is 14.1. The molecule has 1 aliphatic rings. The predicted molar refractivity (Wildman–Crippen MR) is 175 cm³/mol. The Morgan fingerprint density at radius 3 is 1.65 bits per heavy atom. The lowest BCUT2D eigenvalue weighted by atomic mass is 9.96. The van der Waals surface area contributed by atoms with E-state index in [9.17, 15) is 35.9 Å². The minimum absolute atomic E-state index is 0.00313. The van der Waals surface area contributed by atoms with Crippen molar-refractivity contribution < 1.29 is 35.9 Å². The molecule has 4 aromatic rings. The van der Waals surface area contributed by atoms with Gasteiger partial charge in [-0.05, 0) is 41.3 Å². The number of anilines is 1. The molecule has 12 heteroatoms. The number of rotatable bonds is 10. The molecule has 1 heterocycles. The van der Waals surface area contributed by atoms with E-state index in [1.807, 2.05) is 66.7 Å². The number of benzene rings is 4. The first kappa shape index (κ1) is 35.5. The van der Waals surface area contributed by atoms with Crippen LogP contribution >= 0.6 is 0 Å². The van der Waals surface area contributed by atoms with Crippen molar-refractivity contribution in [2.24, 2.45) is 0 Å². The summed E-state index contributed by atoms with van der Waals surface area (Å²) < 4.78 is 80.6. The maximum Gasteiger partial charge on any atom is 0.416 e. The number of nitrogens with one attached hydrogen (secondary N) is 1. The second-order valence-corrected chi connectivity index (χ2v) is 11.8. The molecule has 1 aliphatic heterocycles. The Hall–Kier alpha value is -4.84. The van der Waals surface area contributed by atoms with E-state index in [2.05, 4.69) is 34.5 Å². The molecule has 4 aromatic carbocycles. The van der Waals surface area contributed by atoms with Crippen LogP contribution in [0.25, 0.3) is 0 Å². The van der Waals surface area contributed by atoms with Crippen LogP contribution in [0.5, 0.6) is 0 Å². The topological polar surface area (TPSA) is 55.9 Å². The number of amides is 3. The molecule has 6 nitrogen and oxygen atoms in total. The molecule has 3 amide bonds. The van der Waals surface area contributed by atoms with Crippen LogP contribution in [0.1, 0.15) is 40.3 Å². The average Bonchev–Trinajstić information content (AvgIpc) is 3.09. The number of hydrogen-bond donors (Lipinski definition) is 1. The number of halogens is 6. The molecular formula is C37H36F6N4O2. The maximum absolute atomic E-state index is 13.4. The predicted octanol–water partition coefficient (Wildman–Crippen LogP) is 8.12. The summed E-state index contributed by atoms with van der Waals surface area (Å²) >= 11 is 0. The van der Waals surface area contributed by atoms with Gasteiger partial charge in [0.05, 0.1) is 17.2 Å². The number of piperazine rings is 1. The lowest BCUT2D eigenvalue weighted by molar-refractivity contribution is -0.143. The first-order chi connectivity index (χ1) is 23.4. The third-order valence-corrected chi connectivity index (χ3v) is 8.50. The Kier molecular flexibility index (Phi) is 11.3. The van der Waals surface area contributed by atoms with Crippen LogP contribution in [-0.4, -0.2) is 65.9 Å². The quantitative estimate of drug-likeness (QED) is 0.172. The molecule has 0 atom stereocenters. The molecule has 49 heavy (non-hydrogen) atoms. The Balaban J connectivity index is 1.26. The number of urea groups is 1.